The van der Waals surface area contributed by atoms with Crippen LogP contribution in [0.2, 0.25) is 0 Å². The molecule has 0 spiro atoms. The third kappa shape index (κ3) is 1.29. The summed E-state index contributed by atoms with van der Waals surface area (Å²) in [5, 5.41) is 0. The summed E-state index contributed by atoms with van der Waals surface area (Å²) >= 11 is 0. The number of aromatic amines is 1. The molecule has 0 aliphatic rings. The molecular formula is C9H10FN3. The van der Waals surface area contributed by atoms with Crippen LogP contribution in [0.25, 0.3) is 11.0 Å². The highest BCUT2D eigenvalue weighted by Gasteiger charge is 2.06. The van der Waals surface area contributed by atoms with Gasteiger partial charge in [-0.25, -0.2) is 9.37 Å². The monoisotopic (exact) mass is 179 g/mol. The van der Waals surface area contributed by atoms with Gasteiger partial charge in [0, 0.05) is 0 Å². The van der Waals surface area contributed by atoms with Gasteiger partial charge in [0.05, 0.1) is 12.1 Å². The van der Waals surface area contributed by atoms with E-state index in [-0.39, 0.29) is 5.82 Å². The lowest BCUT2D eigenvalue weighted by Crippen LogP contribution is -1.97. The van der Waals surface area contributed by atoms with E-state index in [2.05, 4.69) is 9.97 Å². The zero-order valence-electron chi connectivity index (χ0n) is 7.26. The van der Waals surface area contributed by atoms with Crippen molar-refractivity contribution < 1.29 is 4.39 Å². The molecule has 0 aliphatic carbocycles. The molecule has 1 heterocycles. The lowest BCUT2D eigenvalue weighted by Gasteiger charge is -1.93. The Balaban J connectivity index is 2.75. The first-order valence-corrected chi connectivity index (χ1v) is 4.05. The molecule has 0 saturated carbocycles. The molecule has 68 valence electrons. The predicted octanol–water partition coefficient (Wildman–Crippen LogP) is 1.47. The second kappa shape index (κ2) is 2.81. The number of rotatable bonds is 1. The number of halogens is 1. The van der Waals surface area contributed by atoms with Gasteiger partial charge in [0.2, 0.25) is 0 Å². The highest BCUT2D eigenvalue weighted by molar-refractivity contribution is 5.76. The first-order valence-electron chi connectivity index (χ1n) is 4.05. The van der Waals surface area contributed by atoms with Crippen LogP contribution in [0.15, 0.2) is 12.1 Å². The number of aromatic nitrogens is 2. The Morgan fingerprint density at radius 1 is 1.54 bits per heavy atom. The smallest absolute Gasteiger partial charge is 0.151 e. The number of hydrogen-bond donors (Lipinski definition) is 2. The van der Waals surface area contributed by atoms with Crippen LogP contribution >= 0.6 is 0 Å². The molecule has 13 heavy (non-hydrogen) atoms. The normalized spacial score (nSPS) is 11.0. The zero-order chi connectivity index (χ0) is 9.42. The maximum atomic E-state index is 13.3. The van der Waals surface area contributed by atoms with E-state index in [4.69, 9.17) is 5.73 Å². The van der Waals surface area contributed by atoms with Gasteiger partial charge in [-0.05, 0) is 24.6 Å². The Kier molecular flexibility index (Phi) is 1.77. The quantitative estimate of drug-likeness (QED) is 0.696. The van der Waals surface area contributed by atoms with E-state index in [1.807, 2.05) is 13.0 Å². The Bertz CT molecular complexity index is 447. The minimum atomic E-state index is -0.300. The number of benzene rings is 1. The van der Waals surface area contributed by atoms with Crippen LogP contribution in [0.3, 0.4) is 0 Å². The number of nitrogens with zero attached hydrogens (tertiary/aromatic N) is 1. The third-order valence-corrected chi connectivity index (χ3v) is 1.93. The Morgan fingerprint density at radius 3 is 3.00 bits per heavy atom. The van der Waals surface area contributed by atoms with Gasteiger partial charge in [0.25, 0.3) is 0 Å². The molecule has 0 radical (unpaired) electrons. The molecule has 0 atom stereocenters. The molecule has 1 aromatic carbocycles. The number of nitrogens with two attached hydrogens (primary N) is 1. The van der Waals surface area contributed by atoms with Crippen LogP contribution < -0.4 is 5.73 Å². The van der Waals surface area contributed by atoms with Crippen LogP contribution in [-0.2, 0) is 6.54 Å². The molecule has 0 unspecified atom stereocenters. The number of H-pyrrole nitrogens is 1. The molecule has 0 aliphatic heterocycles. The molecular weight excluding hydrogens is 169 g/mol. The molecule has 0 fully saturated rings. The minimum absolute atomic E-state index is 0.299. The van der Waals surface area contributed by atoms with E-state index in [0.717, 1.165) is 5.56 Å². The van der Waals surface area contributed by atoms with Crippen molar-refractivity contribution in [2.45, 2.75) is 13.5 Å². The maximum Gasteiger partial charge on any atom is 0.151 e. The average molecular weight is 179 g/mol. The Morgan fingerprint density at radius 2 is 2.31 bits per heavy atom. The van der Waals surface area contributed by atoms with E-state index in [1.54, 1.807) is 0 Å². The Labute approximate surface area is 74.8 Å². The van der Waals surface area contributed by atoms with Gasteiger partial charge in [-0.3, -0.25) is 0 Å². The summed E-state index contributed by atoms with van der Waals surface area (Å²) in [5.41, 5.74) is 7.33. The first-order chi connectivity index (χ1) is 6.20. The van der Waals surface area contributed by atoms with Crippen molar-refractivity contribution in [1.82, 2.24) is 9.97 Å². The van der Waals surface area contributed by atoms with Crippen LogP contribution in [0, 0.1) is 12.7 Å². The van der Waals surface area contributed by atoms with Crippen LogP contribution in [0.5, 0.6) is 0 Å². The maximum absolute atomic E-state index is 13.3. The number of nitrogens with one attached hydrogen (secondary N) is 1. The highest BCUT2D eigenvalue weighted by Crippen LogP contribution is 2.17. The van der Waals surface area contributed by atoms with Crippen LogP contribution in [0.4, 0.5) is 4.39 Å². The summed E-state index contributed by atoms with van der Waals surface area (Å²) in [7, 11) is 0. The SMILES string of the molecule is Cc1cc(F)c2nc(CN)[nH]c2c1. The van der Waals surface area contributed by atoms with Crippen molar-refractivity contribution in [1.29, 1.82) is 0 Å². The first kappa shape index (κ1) is 8.19. The summed E-state index contributed by atoms with van der Waals surface area (Å²) in [6.45, 7) is 2.14. The standard InChI is InChI=1S/C9H10FN3/c1-5-2-6(10)9-7(3-5)12-8(4-11)13-9/h2-3H,4,11H2,1H3,(H,12,13). The molecule has 4 heteroatoms. The van der Waals surface area contributed by atoms with Crippen molar-refractivity contribution in [3.63, 3.8) is 0 Å². The molecule has 2 rings (SSSR count). The van der Waals surface area contributed by atoms with E-state index < -0.39 is 0 Å². The lowest BCUT2D eigenvalue weighted by molar-refractivity contribution is 0.636. The minimum Gasteiger partial charge on any atom is -0.341 e. The number of fused-ring (bicyclic) bond motifs is 1. The van der Waals surface area contributed by atoms with Gasteiger partial charge in [-0.2, -0.15) is 0 Å². The fourth-order valence-electron chi connectivity index (χ4n) is 1.36. The van der Waals surface area contributed by atoms with Crippen molar-refractivity contribution in [3.05, 3.63) is 29.3 Å². The number of imidazole rings is 1. The molecule has 0 amide bonds. The number of hydrogen-bond acceptors (Lipinski definition) is 2. The van der Waals surface area contributed by atoms with Crippen LogP contribution in [-0.4, -0.2) is 9.97 Å². The van der Waals surface area contributed by atoms with Crippen molar-refractivity contribution in [2.75, 3.05) is 0 Å². The van der Waals surface area contributed by atoms with Gasteiger partial charge in [0.15, 0.2) is 5.82 Å². The second-order valence-electron chi connectivity index (χ2n) is 3.03. The van der Waals surface area contributed by atoms with E-state index in [9.17, 15) is 4.39 Å². The van der Waals surface area contributed by atoms with Crippen molar-refractivity contribution >= 4 is 11.0 Å². The average Bonchev–Trinajstić information content (AvgIpc) is 2.47. The summed E-state index contributed by atoms with van der Waals surface area (Å²) in [6, 6.07) is 3.31. The molecule has 3 N–H and O–H groups in total. The Hall–Kier alpha value is -1.42. The van der Waals surface area contributed by atoms with Crippen molar-refractivity contribution in [2.24, 2.45) is 5.73 Å². The van der Waals surface area contributed by atoms with Crippen molar-refractivity contribution in [3.8, 4) is 0 Å². The van der Waals surface area contributed by atoms with Gasteiger partial charge in [-0.15, -0.1) is 0 Å². The fraction of sp³-hybridized carbons (Fsp3) is 0.222. The van der Waals surface area contributed by atoms with Gasteiger partial charge < -0.3 is 10.7 Å². The topological polar surface area (TPSA) is 54.7 Å². The van der Waals surface area contributed by atoms with Gasteiger partial charge >= 0.3 is 0 Å². The highest BCUT2D eigenvalue weighted by atomic mass is 19.1. The third-order valence-electron chi connectivity index (χ3n) is 1.93. The van der Waals surface area contributed by atoms with Gasteiger partial charge in [0.1, 0.15) is 11.3 Å². The largest absolute Gasteiger partial charge is 0.341 e. The molecule has 0 bridgehead atoms. The fourth-order valence-corrected chi connectivity index (χ4v) is 1.36. The van der Waals surface area contributed by atoms with Gasteiger partial charge in [-0.1, -0.05) is 0 Å². The van der Waals surface area contributed by atoms with E-state index in [0.29, 0.717) is 23.4 Å². The molecule has 3 nitrogen and oxygen atoms in total. The second-order valence-corrected chi connectivity index (χ2v) is 3.03. The summed E-state index contributed by atoms with van der Waals surface area (Å²) < 4.78 is 13.3. The molecule has 2 aromatic rings. The molecule has 0 saturated heterocycles. The predicted molar refractivity (Wildman–Crippen MR) is 48.7 cm³/mol. The summed E-state index contributed by atoms with van der Waals surface area (Å²) in [5.74, 6) is 0.311. The zero-order valence-corrected chi connectivity index (χ0v) is 7.26. The number of aryl methyl sites for hydroxylation is 1. The summed E-state index contributed by atoms with van der Waals surface area (Å²) in [4.78, 5) is 6.97. The molecule has 1 aromatic heterocycles. The van der Waals surface area contributed by atoms with E-state index >= 15 is 0 Å². The summed E-state index contributed by atoms with van der Waals surface area (Å²) in [6.07, 6.45) is 0. The lowest BCUT2D eigenvalue weighted by atomic mass is 10.2. The van der Waals surface area contributed by atoms with Crippen LogP contribution in [0.1, 0.15) is 11.4 Å². The van der Waals surface area contributed by atoms with E-state index in [1.165, 1.54) is 6.07 Å².